The maximum Gasteiger partial charge on any atom is 0.356 e. The molecule has 4 heterocycles. The Hall–Kier alpha value is -1.17. The maximum absolute atomic E-state index is 12.6. The van der Waals surface area contributed by atoms with E-state index in [1.807, 2.05) is 13.8 Å². The molecule has 2 fully saturated rings. The minimum atomic E-state index is -3.33. The highest BCUT2D eigenvalue weighted by atomic mass is 35.5. The summed E-state index contributed by atoms with van der Waals surface area (Å²) in [6.45, 7) is 7.81. The Morgan fingerprint density at radius 2 is 1.87 bits per heavy atom. The Labute approximate surface area is 184 Å². The summed E-state index contributed by atoms with van der Waals surface area (Å²) in [5, 5.41) is 0.254. The molecule has 0 radical (unpaired) electrons. The van der Waals surface area contributed by atoms with E-state index >= 15 is 0 Å². The van der Waals surface area contributed by atoms with Crippen LogP contribution in [0.2, 0.25) is 5.15 Å². The molecular formula is C18H26ClN4O7P. The maximum atomic E-state index is 12.6. The monoisotopic (exact) mass is 476 g/mol. The van der Waals surface area contributed by atoms with Crippen molar-refractivity contribution in [1.29, 1.82) is 0 Å². The van der Waals surface area contributed by atoms with Gasteiger partial charge in [0.05, 0.1) is 26.1 Å². The normalized spacial score (nSPS) is 27.8. The molecule has 4 rings (SSSR count). The van der Waals surface area contributed by atoms with E-state index in [-0.39, 0.29) is 31.3 Å². The van der Waals surface area contributed by atoms with Crippen molar-refractivity contribution in [3.8, 4) is 0 Å². The summed E-state index contributed by atoms with van der Waals surface area (Å²) in [4.78, 5) is 12.5. The van der Waals surface area contributed by atoms with E-state index in [1.165, 1.54) is 6.33 Å². The van der Waals surface area contributed by atoms with Crippen LogP contribution in [-0.4, -0.2) is 69.8 Å². The Balaban J connectivity index is 1.52. The van der Waals surface area contributed by atoms with Crippen molar-refractivity contribution in [2.75, 3.05) is 26.2 Å². The standard InChI is InChI=1S/C18H26ClN4O7P/c1-5-26-31(24,27-6-2)10-25-7-11-13-14(30-18(3,4)29-13)17(28-11)23-9-22-12-15(19)20-8-21-16(12)23/h8-9,11,13-14,17H,5-7,10H2,1-4H3/t11?,13-,14-,17-/m1/s1. The second kappa shape index (κ2) is 8.99. The molecule has 11 nitrogen and oxygen atoms in total. The fourth-order valence-electron chi connectivity index (χ4n) is 3.81. The smallest absolute Gasteiger partial charge is 0.356 e. The summed E-state index contributed by atoms with van der Waals surface area (Å²) >= 11 is 6.13. The zero-order valence-corrected chi connectivity index (χ0v) is 19.4. The van der Waals surface area contributed by atoms with Gasteiger partial charge in [0, 0.05) is 0 Å². The molecule has 0 spiro atoms. The molecular weight excluding hydrogens is 451 g/mol. The van der Waals surface area contributed by atoms with E-state index in [9.17, 15) is 4.57 Å². The van der Waals surface area contributed by atoms with E-state index in [2.05, 4.69) is 15.0 Å². The van der Waals surface area contributed by atoms with Gasteiger partial charge in [0.1, 0.15) is 36.5 Å². The summed E-state index contributed by atoms with van der Waals surface area (Å²) in [5.41, 5.74) is 0.993. The van der Waals surface area contributed by atoms with Gasteiger partial charge in [-0.1, -0.05) is 11.6 Å². The average molecular weight is 477 g/mol. The molecule has 4 atom stereocenters. The summed E-state index contributed by atoms with van der Waals surface area (Å²) in [7, 11) is -3.33. The number of aromatic nitrogens is 4. The van der Waals surface area contributed by atoms with E-state index < -0.39 is 37.9 Å². The number of fused-ring (bicyclic) bond motifs is 2. The Bertz CT molecular complexity index is 964. The lowest BCUT2D eigenvalue weighted by atomic mass is 10.1. The van der Waals surface area contributed by atoms with Crippen molar-refractivity contribution in [1.82, 2.24) is 19.5 Å². The minimum Gasteiger partial charge on any atom is -0.366 e. The van der Waals surface area contributed by atoms with Gasteiger partial charge in [0.15, 0.2) is 22.8 Å². The Kier molecular flexibility index (Phi) is 6.67. The first-order valence-corrected chi connectivity index (χ1v) is 12.2. The summed E-state index contributed by atoms with van der Waals surface area (Å²) in [6, 6.07) is 0. The third-order valence-corrected chi connectivity index (χ3v) is 6.98. The van der Waals surface area contributed by atoms with Crippen molar-refractivity contribution in [3.05, 3.63) is 17.8 Å². The van der Waals surface area contributed by atoms with Crippen molar-refractivity contribution in [3.63, 3.8) is 0 Å². The van der Waals surface area contributed by atoms with Crippen molar-refractivity contribution >= 4 is 30.4 Å². The predicted octanol–water partition coefficient (Wildman–Crippen LogP) is 3.14. The van der Waals surface area contributed by atoms with Gasteiger partial charge in [0.2, 0.25) is 0 Å². The Morgan fingerprint density at radius 3 is 2.58 bits per heavy atom. The highest BCUT2D eigenvalue weighted by Gasteiger charge is 2.56. The van der Waals surface area contributed by atoms with Crippen molar-refractivity contribution in [2.45, 2.75) is 58.0 Å². The van der Waals surface area contributed by atoms with Gasteiger partial charge >= 0.3 is 7.60 Å². The lowest BCUT2D eigenvalue weighted by molar-refractivity contribution is -0.201. The van der Waals surface area contributed by atoms with Crippen LogP contribution in [0.5, 0.6) is 0 Å². The number of nitrogens with zero attached hydrogens (tertiary/aromatic N) is 4. The fraction of sp³-hybridized carbons (Fsp3) is 0.722. The first kappa shape index (κ1) is 23.0. The second-order valence-electron chi connectivity index (χ2n) is 7.56. The average Bonchev–Trinajstić information content (AvgIpc) is 3.34. The van der Waals surface area contributed by atoms with Crippen molar-refractivity contribution in [2.24, 2.45) is 0 Å². The Morgan fingerprint density at radius 1 is 1.16 bits per heavy atom. The number of imidazole rings is 1. The van der Waals surface area contributed by atoms with Gasteiger partial charge in [-0.15, -0.1) is 0 Å². The van der Waals surface area contributed by atoms with E-state index in [0.29, 0.717) is 11.2 Å². The van der Waals surface area contributed by atoms with Gasteiger partial charge < -0.3 is 28.0 Å². The molecule has 13 heteroatoms. The highest BCUT2D eigenvalue weighted by Crippen LogP contribution is 2.48. The molecule has 172 valence electrons. The van der Waals surface area contributed by atoms with Crippen LogP contribution in [0, 0.1) is 0 Å². The zero-order valence-electron chi connectivity index (χ0n) is 17.8. The van der Waals surface area contributed by atoms with Gasteiger partial charge in [0.25, 0.3) is 0 Å². The van der Waals surface area contributed by atoms with Crippen LogP contribution in [0.15, 0.2) is 12.7 Å². The van der Waals surface area contributed by atoms with Gasteiger partial charge in [-0.2, -0.15) is 0 Å². The molecule has 0 bridgehead atoms. The van der Waals surface area contributed by atoms with Gasteiger partial charge in [-0.25, -0.2) is 15.0 Å². The molecule has 2 aliphatic heterocycles. The lowest BCUT2D eigenvalue weighted by Crippen LogP contribution is -2.33. The molecule has 0 aromatic carbocycles. The largest absolute Gasteiger partial charge is 0.366 e. The van der Waals surface area contributed by atoms with Gasteiger partial charge in [-0.05, 0) is 27.7 Å². The molecule has 31 heavy (non-hydrogen) atoms. The molecule has 2 aliphatic rings. The number of rotatable bonds is 9. The van der Waals surface area contributed by atoms with Crippen molar-refractivity contribution < 1.29 is 32.6 Å². The van der Waals surface area contributed by atoms with Crippen LogP contribution in [0.25, 0.3) is 11.2 Å². The quantitative estimate of drug-likeness (QED) is 0.394. The third-order valence-electron chi connectivity index (χ3n) is 4.90. The number of halogens is 1. The minimum absolute atomic E-state index is 0.115. The fourth-order valence-corrected chi connectivity index (χ4v) is 5.33. The van der Waals surface area contributed by atoms with Gasteiger partial charge in [-0.3, -0.25) is 9.13 Å². The van der Waals surface area contributed by atoms with Crippen LogP contribution in [-0.2, 0) is 32.6 Å². The number of ether oxygens (including phenoxy) is 4. The van der Waals surface area contributed by atoms with E-state index in [4.69, 9.17) is 39.6 Å². The number of hydrogen-bond acceptors (Lipinski definition) is 10. The SMILES string of the molecule is CCOP(=O)(COCC1O[C@@H](n2cnc3c(Cl)ncnc32)[C@@H]2OC(C)(C)O[C@H]12)OCC. The molecule has 0 amide bonds. The molecule has 1 unspecified atom stereocenters. The van der Waals surface area contributed by atoms with Crippen LogP contribution in [0.3, 0.4) is 0 Å². The van der Waals surface area contributed by atoms with E-state index in [1.54, 1.807) is 24.7 Å². The topological polar surface area (TPSA) is 116 Å². The first-order chi connectivity index (χ1) is 14.8. The predicted molar refractivity (Wildman–Crippen MR) is 110 cm³/mol. The molecule has 2 saturated heterocycles. The second-order valence-corrected chi connectivity index (χ2v) is 9.92. The third kappa shape index (κ3) is 4.65. The summed E-state index contributed by atoms with van der Waals surface area (Å²) in [6.07, 6.45) is 0.880. The molecule has 0 aliphatic carbocycles. The van der Waals surface area contributed by atoms with Crippen LogP contribution in [0.1, 0.15) is 33.9 Å². The molecule has 2 aromatic heterocycles. The molecule has 0 saturated carbocycles. The summed E-state index contributed by atoms with van der Waals surface area (Å²) < 4.78 is 49.0. The van der Waals surface area contributed by atoms with Crippen LogP contribution < -0.4 is 0 Å². The lowest BCUT2D eigenvalue weighted by Gasteiger charge is -2.25. The molecule has 0 N–H and O–H groups in total. The number of hydrogen-bond donors (Lipinski definition) is 0. The summed E-state index contributed by atoms with van der Waals surface area (Å²) in [5.74, 6) is -0.801. The van der Waals surface area contributed by atoms with Crippen LogP contribution in [0.4, 0.5) is 0 Å². The van der Waals surface area contributed by atoms with Crippen LogP contribution >= 0.6 is 19.2 Å². The molecule has 2 aromatic rings. The zero-order chi connectivity index (χ0) is 22.2. The van der Waals surface area contributed by atoms with E-state index in [0.717, 1.165) is 0 Å². The first-order valence-electron chi connectivity index (χ1n) is 10.1. The highest BCUT2D eigenvalue weighted by molar-refractivity contribution is 7.53.